The van der Waals surface area contributed by atoms with Crippen molar-refractivity contribution < 1.29 is 77.2 Å². The number of Topliss-reactive ketones (excluding diaryl/α,β-unsaturated/α-hetero) is 1. The molecule has 4 unspecified atom stereocenters. The number of hydrogen-bond donors (Lipinski definition) is 10. The number of benzene rings is 6. The number of anilines is 8. The molecule has 82 heavy (non-hydrogen) atoms. The lowest BCUT2D eigenvalue weighted by Crippen LogP contribution is -2.34. The number of nitrogens with two attached hydrogens (primary N) is 2. The molecule has 24 heteroatoms. The fourth-order valence-corrected chi connectivity index (χ4v) is 8.05. The highest BCUT2D eigenvalue weighted by molar-refractivity contribution is 6.08. The lowest BCUT2D eigenvalue weighted by molar-refractivity contribution is -0.158. The molecule has 2 aliphatic rings. The molecule has 0 aromatic heterocycles. The number of aliphatic carboxylic acids is 2. The van der Waals surface area contributed by atoms with Gasteiger partial charge in [0.2, 0.25) is 5.91 Å². The molecule has 422 valence electrons. The van der Waals surface area contributed by atoms with Gasteiger partial charge < -0.3 is 67.8 Å². The van der Waals surface area contributed by atoms with Crippen LogP contribution >= 0.6 is 0 Å². The molecular weight excluding hydrogens is 1060 g/mol. The van der Waals surface area contributed by atoms with E-state index in [0.717, 1.165) is 12.6 Å². The molecule has 6 aromatic rings. The monoisotopic (exact) mass is 1120 g/mol. The van der Waals surface area contributed by atoms with E-state index in [1.54, 1.807) is 128 Å². The Morgan fingerprint density at radius 1 is 0.463 bits per heavy atom. The molecule has 2 aliphatic heterocycles. The van der Waals surface area contributed by atoms with Gasteiger partial charge in [-0.1, -0.05) is 12.1 Å². The molecule has 0 spiro atoms. The SMILES string of the molecule is CNc1ccc(C(=O)Nc2cccc(NC(=O)c3ccc(NC(=O)CC(C(=O)O)C(CC(C)=O)C(=O)O)cc3)c2)cc1.Nc1ccc(C(=O)Nc2cccc(NC(=O)c3ccc(N)cc3)c2)cc1.O=C1CC(C2CC(=O)OC2=O)C(=O)O1. The number of nitrogen functional groups attached to an aromatic ring is 2. The summed E-state index contributed by atoms with van der Waals surface area (Å²) in [6, 6.07) is 39.5. The summed E-state index contributed by atoms with van der Waals surface area (Å²) < 4.78 is 8.55. The maximum absolute atomic E-state index is 12.8. The molecule has 8 rings (SSSR count). The highest BCUT2D eigenvalue weighted by Crippen LogP contribution is 2.32. The molecule has 0 aliphatic carbocycles. The van der Waals surface area contributed by atoms with Crippen LogP contribution < -0.4 is 43.4 Å². The number of carbonyl (C=O) groups is 12. The maximum atomic E-state index is 12.8. The highest BCUT2D eigenvalue weighted by Gasteiger charge is 2.48. The smallest absolute Gasteiger partial charge is 0.318 e. The van der Waals surface area contributed by atoms with Gasteiger partial charge in [-0.2, -0.15) is 0 Å². The Bertz CT molecular complexity index is 3320. The summed E-state index contributed by atoms with van der Waals surface area (Å²) in [5, 5.41) is 35.3. The van der Waals surface area contributed by atoms with Crippen LogP contribution in [0.2, 0.25) is 0 Å². The van der Waals surface area contributed by atoms with Gasteiger partial charge in [-0.3, -0.25) is 52.7 Å². The summed E-state index contributed by atoms with van der Waals surface area (Å²) >= 11 is 0. The van der Waals surface area contributed by atoms with E-state index < -0.39 is 89.9 Å². The van der Waals surface area contributed by atoms with E-state index in [1.807, 2.05) is 0 Å². The fraction of sp³-hybridized carbons (Fsp3) is 0.172. The average molecular weight is 1120 g/mol. The van der Waals surface area contributed by atoms with E-state index in [-0.39, 0.29) is 41.8 Å². The van der Waals surface area contributed by atoms with E-state index in [2.05, 4.69) is 41.4 Å². The number of nitrogens with one attached hydrogen (secondary N) is 6. The molecule has 4 atom stereocenters. The molecular formula is C58H54N8O16. The molecule has 5 amide bonds. The third kappa shape index (κ3) is 17.5. The first-order valence-corrected chi connectivity index (χ1v) is 24.8. The number of carboxylic acids is 2. The van der Waals surface area contributed by atoms with E-state index in [0.29, 0.717) is 50.8 Å². The molecule has 2 fully saturated rings. The number of carbonyl (C=O) groups excluding carboxylic acids is 10. The van der Waals surface area contributed by atoms with Crippen molar-refractivity contribution in [1.82, 2.24) is 0 Å². The molecule has 24 nitrogen and oxygen atoms in total. The van der Waals surface area contributed by atoms with Gasteiger partial charge in [0.05, 0.1) is 36.5 Å². The minimum atomic E-state index is -1.60. The third-order valence-electron chi connectivity index (χ3n) is 12.3. The van der Waals surface area contributed by atoms with Gasteiger partial charge in [0.15, 0.2) is 0 Å². The standard InChI is InChI=1S/C30H30N4O8.C20H18N4O2.C8H6O6/c1-17(35)14-24(29(39)40)25(30(41)42)16-26(36)32-21-12-8-19(9-13-21)28(38)34-23-5-3-4-22(15-23)33-27(37)18-6-10-20(31-2)11-7-18;21-15-8-4-13(5-9-15)19(25)23-17-2-1-3-18(12-17)24-20(26)14-6-10-16(22)11-7-14;9-5-1-3(7(11)13-5)4-2-6(10)14-8(4)12/h3-13,15,24-25,31H,14,16H2,1-2H3,(H,32,36)(H,33,37)(H,34,38)(H,39,40)(H,41,42);1-12H,21-22H2,(H,23,25)(H,24,26);3-4H,1-2H2. The minimum absolute atomic E-state index is 0.147. The number of ether oxygens (including phenoxy) is 2. The summed E-state index contributed by atoms with van der Waals surface area (Å²) in [5.41, 5.74) is 17.3. The van der Waals surface area contributed by atoms with Gasteiger partial charge in [-0.15, -0.1) is 0 Å². The summed E-state index contributed by atoms with van der Waals surface area (Å²) in [7, 11) is 1.78. The largest absolute Gasteiger partial charge is 0.481 e. The number of cyclic esters (lactones) is 4. The Morgan fingerprint density at radius 3 is 1.07 bits per heavy atom. The van der Waals surface area contributed by atoms with Gasteiger partial charge >= 0.3 is 35.8 Å². The van der Waals surface area contributed by atoms with Crippen molar-refractivity contribution in [3.05, 3.63) is 168 Å². The van der Waals surface area contributed by atoms with E-state index in [4.69, 9.17) is 11.5 Å². The molecule has 0 radical (unpaired) electrons. The Balaban J connectivity index is 0.000000226. The average Bonchev–Trinajstić information content (AvgIpc) is 4.19. The van der Waals surface area contributed by atoms with Crippen molar-refractivity contribution in [3.63, 3.8) is 0 Å². The first-order chi connectivity index (χ1) is 39.0. The van der Waals surface area contributed by atoms with Crippen molar-refractivity contribution in [2.45, 2.75) is 32.6 Å². The minimum Gasteiger partial charge on any atom is -0.481 e. The lowest BCUT2D eigenvalue weighted by Gasteiger charge is -2.19. The molecule has 0 saturated carbocycles. The zero-order chi connectivity index (χ0) is 59.6. The zero-order valence-electron chi connectivity index (χ0n) is 43.8. The van der Waals surface area contributed by atoms with Crippen molar-refractivity contribution in [1.29, 1.82) is 0 Å². The second kappa shape index (κ2) is 28.0. The number of ketones is 1. The van der Waals surface area contributed by atoms with Crippen LogP contribution in [0, 0.1) is 23.7 Å². The van der Waals surface area contributed by atoms with Crippen LogP contribution in [0.25, 0.3) is 0 Å². The lowest BCUT2D eigenvalue weighted by atomic mass is 9.85. The topological polar surface area (TPSA) is 388 Å². The first kappa shape index (κ1) is 60.2. The Hall–Kier alpha value is -11.0. The summed E-state index contributed by atoms with van der Waals surface area (Å²) in [5.74, 6) is -13.2. The number of esters is 4. The third-order valence-corrected chi connectivity index (χ3v) is 12.3. The summed E-state index contributed by atoms with van der Waals surface area (Å²) in [4.78, 5) is 140. The van der Waals surface area contributed by atoms with E-state index in [9.17, 15) is 67.7 Å². The summed E-state index contributed by atoms with van der Waals surface area (Å²) in [6.07, 6.45) is -1.46. The fourth-order valence-electron chi connectivity index (χ4n) is 8.05. The van der Waals surface area contributed by atoms with Crippen LogP contribution in [0.15, 0.2) is 146 Å². The van der Waals surface area contributed by atoms with Crippen molar-refractivity contribution in [3.8, 4) is 0 Å². The maximum Gasteiger partial charge on any atom is 0.318 e. The Morgan fingerprint density at radius 2 is 0.780 bits per heavy atom. The van der Waals surface area contributed by atoms with Crippen LogP contribution in [0.4, 0.5) is 45.5 Å². The van der Waals surface area contributed by atoms with Gasteiger partial charge in [0, 0.05) is 87.6 Å². The van der Waals surface area contributed by atoms with Gasteiger partial charge in [-0.05, 0) is 140 Å². The molecule has 6 aromatic carbocycles. The van der Waals surface area contributed by atoms with Crippen LogP contribution in [0.1, 0.15) is 74.0 Å². The summed E-state index contributed by atoms with van der Waals surface area (Å²) in [6.45, 7) is 1.15. The van der Waals surface area contributed by atoms with E-state index in [1.165, 1.54) is 24.3 Å². The number of amides is 5. The number of rotatable bonds is 18. The normalized spacial score (nSPS) is 14.8. The molecule has 2 heterocycles. The van der Waals surface area contributed by atoms with Crippen molar-refractivity contribution >= 4 is 117 Å². The Labute approximate surface area is 466 Å². The number of carboxylic acid groups (broad SMARTS) is 2. The van der Waals surface area contributed by atoms with Crippen LogP contribution in [0.5, 0.6) is 0 Å². The Kier molecular flexibility index (Phi) is 20.6. The quantitative estimate of drug-likeness (QED) is 0.0250. The highest BCUT2D eigenvalue weighted by atomic mass is 16.6. The van der Waals surface area contributed by atoms with Gasteiger partial charge in [0.1, 0.15) is 5.78 Å². The number of hydrogen-bond acceptors (Lipinski definition) is 17. The van der Waals surface area contributed by atoms with Crippen LogP contribution in [0.3, 0.4) is 0 Å². The van der Waals surface area contributed by atoms with Crippen molar-refractivity contribution in [2.24, 2.45) is 23.7 Å². The second-order valence-electron chi connectivity index (χ2n) is 18.4. The molecule has 2 saturated heterocycles. The predicted molar refractivity (Wildman–Crippen MR) is 298 cm³/mol. The predicted octanol–water partition coefficient (Wildman–Crippen LogP) is 6.46. The molecule has 0 bridgehead atoms. The van der Waals surface area contributed by atoms with Gasteiger partial charge in [-0.25, -0.2) is 0 Å². The second-order valence-corrected chi connectivity index (χ2v) is 18.4. The zero-order valence-corrected chi connectivity index (χ0v) is 43.8. The van der Waals surface area contributed by atoms with E-state index >= 15 is 0 Å². The van der Waals surface area contributed by atoms with Crippen LogP contribution in [-0.2, 0) is 47.8 Å². The van der Waals surface area contributed by atoms with Gasteiger partial charge in [0.25, 0.3) is 23.6 Å². The molecule has 12 N–H and O–H groups in total. The van der Waals surface area contributed by atoms with Crippen molar-refractivity contribution in [2.75, 3.05) is 50.4 Å². The van der Waals surface area contributed by atoms with Crippen LogP contribution in [-0.4, -0.2) is 88.4 Å². The first-order valence-electron chi connectivity index (χ1n) is 24.8.